The molecule has 1 N–H and O–H groups in total. The van der Waals surface area contributed by atoms with Crippen LogP contribution in [0.3, 0.4) is 0 Å². The van der Waals surface area contributed by atoms with E-state index in [1.54, 1.807) is 63.2 Å². The highest BCUT2D eigenvalue weighted by atomic mass is 19.4. The summed E-state index contributed by atoms with van der Waals surface area (Å²) in [7, 11) is 1.42. The summed E-state index contributed by atoms with van der Waals surface area (Å²) in [6, 6.07) is 15.2. The van der Waals surface area contributed by atoms with Crippen molar-refractivity contribution in [2.24, 2.45) is 0 Å². The van der Waals surface area contributed by atoms with Crippen molar-refractivity contribution in [2.45, 2.75) is 78.4 Å². The van der Waals surface area contributed by atoms with Gasteiger partial charge in [0.05, 0.1) is 37.4 Å². The molecule has 0 bridgehead atoms. The van der Waals surface area contributed by atoms with Crippen molar-refractivity contribution in [2.75, 3.05) is 7.11 Å². The van der Waals surface area contributed by atoms with Gasteiger partial charge in [0.15, 0.2) is 0 Å². The van der Waals surface area contributed by atoms with Gasteiger partial charge in [0.25, 0.3) is 5.56 Å². The molecule has 0 fully saturated rings. The van der Waals surface area contributed by atoms with Gasteiger partial charge in [0.2, 0.25) is 0 Å². The molecule has 1 atom stereocenters. The van der Waals surface area contributed by atoms with E-state index in [4.69, 9.17) is 9.47 Å². The Balaban J connectivity index is 2.01. The molecule has 3 aromatic carbocycles. The van der Waals surface area contributed by atoms with Crippen molar-refractivity contribution < 1.29 is 31.8 Å². The van der Waals surface area contributed by atoms with Crippen molar-refractivity contribution in [3.8, 4) is 16.9 Å². The second-order valence-electron chi connectivity index (χ2n) is 12.7. The van der Waals surface area contributed by atoms with Crippen LogP contribution in [-0.4, -0.2) is 27.9 Å². The predicted octanol–water partition coefficient (Wildman–Crippen LogP) is 7.59. The van der Waals surface area contributed by atoms with E-state index in [2.05, 4.69) is 5.32 Å². The Labute approximate surface area is 275 Å². The van der Waals surface area contributed by atoms with Gasteiger partial charge in [-0.3, -0.25) is 13.9 Å². The number of hydrogen-bond donors (Lipinski definition) is 1. The molecule has 8 nitrogen and oxygen atoms in total. The Hall–Kier alpha value is -4.87. The Kier molecular flexibility index (Phi) is 10.6. The molecule has 1 unspecified atom stereocenters. The van der Waals surface area contributed by atoms with Crippen LogP contribution in [0, 0.1) is 12.7 Å². The van der Waals surface area contributed by atoms with E-state index in [-0.39, 0.29) is 17.2 Å². The summed E-state index contributed by atoms with van der Waals surface area (Å²) in [5.74, 6) is -0.750. The van der Waals surface area contributed by atoms with Crippen LogP contribution in [0.1, 0.15) is 74.5 Å². The van der Waals surface area contributed by atoms with E-state index < -0.39 is 65.2 Å². The lowest BCUT2D eigenvalue weighted by atomic mass is 9.97. The van der Waals surface area contributed by atoms with Gasteiger partial charge in [-0.25, -0.2) is 14.0 Å². The van der Waals surface area contributed by atoms with E-state index in [9.17, 15) is 27.6 Å². The standard InChI is InChI=1S/C36H39F4N3O5/c1-21(2)23-12-10-13-24(18-23)31-22(3)42(19-26-27(36(38,39)40)15-11-16-28(26)37)34(46)43(32(31)44)20-29(41-33(45)48-35(4,5)6)25-14-8-9-17-30(25)47-7/h8-18,21,29H,19-20H2,1-7H3,(H,41,45). The molecule has 0 aliphatic heterocycles. The number of nitrogens with zero attached hydrogens (tertiary/aromatic N) is 2. The third-order valence-corrected chi connectivity index (χ3v) is 7.84. The molecule has 0 aliphatic carbocycles. The third-order valence-electron chi connectivity index (χ3n) is 7.84. The van der Waals surface area contributed by atoms with Gasteiger partial charge < -0.3 is 14.8 Å². The number of amides is 1. The lowest BCUT2D eigenvalue weighted by Crippen LogP contribution is -2.46. The van der Waals surface area contributed by atoms with Gasteiger partial charge >= 0.3 is 18.0 Å². The zero-order valence-corrected chi connectivity index (χ0v) is 27.9. The van der Waals surface area contributed by atoms with Crippen LogP contribution in [0.15, 0.2) is 76.3 Å². The zero-order chi connectivity index (χ0) is 35.6. The van der Waals surface area contributed by atoms with Crippen LogP contribution in [-0.2, 0) is 24.0 Å². The number of carbonyl (C=O) groups excluding carboxylic acids is 1. The van der Waals surface area contributed by atoms with Crippen LogP contribution in [0.2, 0.25) is 0 Å². The van der Waals surface area contributed by atoms with Gasteiger partial charge in [0, 0.05) is 16.8 Å². The molecular weight excluding hydrogens is 630 g/mol. The predicted molar refractivity (Wildman–Crippen MR) is 175 cm³/mol. The number of aromatic nitrogens is 2. The van der Waals surface area contributed by atoms with Gasteiger partial charge in [0.1, 0.15) is 17.2 Å². The highest BCUT2D eigenvalue weighted by molar-refractivity contribution is 5.69. The topological polar surface area (TPSA) is 91.6 Å². The lowest BCUT2D eigenvalue weighted by Gasteiger charge is -2.26. The SMILES string of the molecule is COc1ccccc1C(Cn1c(=O)c(-c2cccc(C(C)C)c2)c(C)n(Cc2c(F)cccc2C(F)(F)F)c1=O)NC(=O)OC(C)(C)C. The summed E-state index contributed by atoms with van der Waals surface area (Å²) < 4.78 is 70.0. The first-order valence-corrected chi connectivity index (χ1v) is 15.3. The zero-order valence-electron chi connectivity index (χ0n) is 27.9. The molecule has 1 aromatic heterocycles. The fraction of sp³-hybridized carbons (Fsp3) is 0.361. The van der Waals surface area contributed by atoms with Crippen molar-refractivity contribution in [3.63, 3.8) is 0 Å². The molecular formula is C36H39F4N3O5. The number of carbonyl (C=O) groups is 1. The molecule has 0 saturated carbocycles. The van der Waals surface area contributed by atoms with E-state index >= 15 is 4.39 Å². The van der Waals surface area contributed by atoms with Gasteiger partial charge in [-0.15, -0.1) is 0 Å². The van der Waals surface area contributed by atoms with Crippen molar-refractivity contribution in [3.05, 3.63) is 121 Å². The summed E-state index contributed by atoms with van der Waals surface area (Å²) in [6.45, 7) is 9.09. The summed E-state index contributed by atoms with van der Waals surface area (Å²) in [5.41, 5.74) is -2.83. The minimum Gasteiger partial charge on any atom is -0.496 e. The fourth-order valence-corrected chi connectivity index (χ4v) is 5.49. The number of nitrogens with one attached hydrogen (secondary N) is 1. The van der Waals surface area contributed by atoms with E-state index in [0.29, 0.717) is 16.9 Å². The molecule has 4 aromatic rings. The monoisotopic (exact) mass is 669 g/mol. The van der Waals surface area contributed by atoms with E-state index in [1.165, 1.54) is 14.0 Å². The first-order chi connectivity index (χ1) is 22.4. The van der Waals surface area contributed by atoms with Crippen LogP contribution in [0.25, 0.3) is 11.1 Å². The molecule has 0 radical (unpaired) electrons. The average Bonchev–Trinajstić information content (AvgIpc) is 3.00. The Bertz CT molecular complexity index is 1920. The quantitative estimate of drug-likeness (QED) is 0.186. The summed E-state index contributed by atoms with van der Waals surface area (Å²) >= 11 is 0. The summed E-state index contributed by atoms with van der Waals surface area (Å²) in [4.78, 5) is 41.6. The van der Waals surface area contributed by atoms with Crippen LogP contribution < -0.4 is 21.3 Å². The molecule has 0 spiro atoms. The molecule has 256 valence electrons. The highest BCUT2D eigenvalue weighted by Crippen LogP contribution is 2.34. The number of alkyl halides is 3. The smallest absolute Gasteiger partial charge is 0.416 e. The van der Waals surface area contributed by atoms with Gasteiger partial charge in [-0.05, 0) is 62.9 Å². The number of benzene rings is 3. The maximum atomic E-state index is 15.1. The minimum absolute atomic E-state index is 0.0399. The number of hydrogen-bond acceptors (Lipinski definition) is 5. The Morgan fingerprint density at radius 1 is 0.938 bits per heavy atom. The Morgan fingerprint density at radius 2 is 1.60 bits per heavy atom. The van der Waals surface area contributed by atoms with E-state index in [0.717, 1.165) is 32.9 Å². The summed E-state index contributed by atoms with van der Waals surface area (Å²) in [6.07, 6.45) is -5.76. The highest BCUT2D eigenvalue weighted by Gasteiger charge is 2.35. The minimum atomic E-state index is -4.91. The first kappa shape index (κ1) is 36.0. The first-order valence-electron chi connectivity index (χ1n) is 15.3. The second-order valence-corrected chi connectivity index (χ2v) is 12.7. The number of methoxy groups -OCH3 is 1. The maximum absolute atomic E-state index is 15.1. The molecule has 1 amide bonds. The third kappa shape index (κ3) is 7.98. The van der Waals surface area contributed by atoms with E-state index in [1.807, 2.05) is 19.9 Å². The average molecular weight is 670 g/mol. The molecule has 48 heavy (non-hydrogen) atoms. The van der Waals surface area contributed by atoms with Crippen molar-refractivity contribution in [1.29, 1.82) is 0 Å². The second kappa shape index (κ2) is 14.1. The van der Waals surface area contributed by atoms with Gasteiger partial charge in [-0.2, -0.15) is 13.2 Å². The van der Waals surface area contributed by atoms with Crippen LogP contribution in [0.4, 0.5) is 22.4 Å². The molecule has 0 saturated heterocycles. The van der Waals surface area contributed by atoms with Crippen molar-refractivity contribution >= 4 is 6.09 Å². The van der Waals surface area contributed by atoms with Crippen molar-refractivity contribution in [1.82, 2.24) is 14.5 Å². The number of rotatable bonds is 9. The molecule has 12 heteroatoms. The molecule has 1 heterocycles. The normalized spacial score (nSPS) is 12.6. The summed E-state index contributed by atoms with van der Waals surface area (Å²) in [5, 5.41) is 2.71. The molecule has 0 aliphatic rings. The number of para-hydroxylation sites is 1. The van der Waals surface area contributed by atoms with Gasteiger partial charge in [-0.1, -0.05) is 62.4 Å². The number of alkyl carbamates (subject to hydrolysis) is 1. The maximum Gasteiger partial charge on any atom is 0.416 e. The number of halogens is 4. The lowest BCUT2D eigenvalue weighted by molar-refractivity contribution is -0.138. The Morgan fingerprint density at radius 3 is 2.23 bits per heavy atom. The largest absolute Gasteiger partial charge is 0.496 e. The molecule has 4 rings (SSSR count). The fourth-order valence-electron chi connectivity index (χ4n) is 5.49. The van der Waals surface area contributed by atoms with Crippen LogP contribution in [0.5, 0.6) is 5.75 Å². The number of ether oxygens (including phenoxy) is 2. The van der Waals surface area contributed by atoms with Crippen LogP contribution >= 0.6 is 0 Å².